The van der Waals surface area contributed by atoms with Crippen LogP contribution in [0.2, 0.25) is 0 Å². The number of amides is 1. The van der Waals surface area contributed by atoms with E-state index in [-0.39, 0.29) is 0 Å². The number of nitrogens with zero attached hydrogens (tertiary/aromatic N) is 1. The number of benzene rings is 1. The van der Waals surface area contributed by atoms with E-state index in [1.54, 1.807) is 12.2 Å². The van der Waals surface area contributed by atoms with Gasteiger partial charge in [0.15, 0.2) is 0 Å². The molecule has 1 aromatic carbocycles. The van der Waals surface area contributed by atoms with Crippen LogP contribution in [0.25, 0.3) is 6.08 Å². The van der Waals surface area contributed by atoms with Gasteiger partial charge in [0.2, 0.25) is 5.91 Å². The summed E-state index contributed by atoms with van der Waals surface area (Å²) in [6.45, 7) is 6.30. The zero-order valence-corrected chi connectivity index (χ0v) is 11.0. The number of hydrogen-bond acceptors (Lipinski definition) is 2. The molecule has 0 saturated heterocycles. The number of nitrogens with two attached hydrogens (primary N) is 1. The van der Waals surface area contributed by atoms with E-state index >= 15 is 0 Å². The molecule has 18 heavy (non-hydrogen) atoms. The van der Waals surface area contributed by atoms with E-state index in [0.717, 1.165) is 18.7 Å². The summed E-state index contributed by atoms with van der Waals surface area (Å²) in [5.41, 5.74) is 7.31. The van der Waals surface area contributed by atoms with E-state index in [9.17, 15) is 4.79 Å². The lowest BCUT2D eigenvalue weighted by Gasteiger charge is -2.20. The summed E-state index contributed by atoms with van der Waals surface area (Å²) in [6.07, 6.45) is 6.71. The maximum Gasteiger partial charge on any atom is 0.241 e. The Morgan fingerprint density at radius 1 is 1.17 bits per heavy atom. The quantitative estimate of drug-likeness (QED) is 0.617. The fraction of sp³-hybridized carbons (Fsp3) is 0.267. The molecule has 1 amide bonds. The molecule has 3 heteroatoms. The second kappa shape index (κ2) is 7.33. The molecule has 96 valence electrons. The van der Waals surface area contributed by atoms with Crippen molar-refractivity contribution in [2.45, 2.75) is 13.8 Å². The molecular weight excluding hydrogens is 224 g/mol. The van der Waals surface area contributed by atoms with Gasteiger partial charge in [-0.25, -0.2) is 0 Å². The van der Waals surface area contributed by atoms with Crippen molar-refractivity contribution < 1.29 is 4.79 Å². The molecule has 0 aromatic heterocycles. The van der Waals surface area contributed by atoms with Crippen LogP contribution in [0.3, 0.4) is 0 Å². The van der Waals surface area contributed by atoms with Crippen LogP contribution >= 0.6 is 0 Å². The summed E-state index contributed by atoms with van der Waals surface area (Å²) in [7, 11) is 0. The first-order valence-electron chi connectivity index (χ1n) is 6.16. The van der Waals surface area contributed by atoms with E-state index in [2.05, 4.69) is 43.0 Å². The molecule has 1 rings (SSSR count). The topological polar surface area (TPSA) is 46.3 Å². The van der Waals surface area contributed by atoms with Gasteiger partial charge in [0, 0.05) is 24.9 Å². The first kappa shape index (κ1) is 14.0. The van der Waals surface area contributed by atoms with E-state index in [4.69, 9.17) is 5.73 Å². The molecule has 0 bridgehead atoms. The fourth-order valence-electron chi connectivity index (χ4n) is 1.70. The highest BCUT2D eigenvalue weighted by atomic mass is 16.1. The minimum absolute atomic E-state index is 0.434. The van der Waals surface area contributed by atoms with Gasteiger partial charge in [-0.3, -0.25) is 4.79 Å². The molecule has 0 aliphatic rings. The summed E-state index contributed by atoms with van der Waals surface area (Å²) in [5, 5.41) is 0. The maximum atomic E-state index is 10.5. The third-order valence-electron chi connectivity index (χ3n) is 2.68. The highest BCUT2D eigenvalue weighted by Crippen LogP contribution is 2.15. The Bertz CT molecular complexity index is 428. The Morgan fingerprint density at radius 2 is 1.78 bits per heavy atom. The summed E-state index contributed by atoms with van der Waals surface area (Å²) in [6, 6.07) is 8.32. The zero-order valence-electron chi connectivity index (χ0n) is 11.0. The average molecular weight is 244 g/mol. The van der Waals surface area contributed by atoms with Gasteiger partial charge in [-0.05, 0) is 31.5 Å². The van der Waals surface area contributed by atoms with Crippen molar-refractivity contribution >= 4 is 17.7 Å². The van der Waals surface area contributed by atoms with E-state index in [1.807, 2.05) is 6.08 Å². The van der Waals surface area contributed by atoms with Crippen LogP contribution < -0.4 is 10.6 Å². The number of anilines is 1. The molecule has 0 unspecified atom stereocenters. The van der Waals surface area contributed by atoms with Crippen molar-refractivity contribution in [3.63, 3.8) is 0 Å². The molecule has 1 aromatic rings. The van der Waals surface area contributed by atoms with Crippen LogP contribution in [0.5, 0.6) is 0 Å². The molecule has 0 heterocycles. The Balaban J connectivity index is 2.68. The molecule has 0 spiro atoms. The lowest BCUT2D eigenvalue weighted by atomic mass is 10.2. The Morgan fingerprint density at radius 3 is 2.28 bits per heavy atom. The van der Waals surface area contributed by atoms with Gasteiger partial charge < -0.3 is 10.6 Å². The van der Waals surface area contributed by atoms with Crippen LogP contribution in [0, 0.1) is 0 Å². The smallest absolute Gasteiger partial charge is 0.241 e. The predicted octanol–water partition coefficient (Wildman–Crippen LogP) is 2.59. The summed E-state index contributed by atoms with van der Waals surface area (Å²) in [4.78, 5) is 12.8. The van der Waals surface area contributed by atoms with Gasteiger partial charge in [0.25, 0.3) is 0 Å². The van der Waals surface area contributed by atoms with Crippen molar-refractivity contribution in [3.8, 4) is 0 Å². The van der Waals surface area contributed by atoms with Crippen LogP contribution in [-0.4, -0.2) is 19.0 Å². The van der Waals surface area contributed by atoms with Crippen molar-refractivity contribution in [1.82, 2.24) is 0 Å². The first-order chi connectivity index (χ1) is 8.67. The molecule has 0 atom stereocenters. The van der Waals surface area contributed by atoms with Crippen LogP contribution in [0.1, 0.15) is 19.4 Å². The van der Waals surface area contributed by atoms with Gasteiger partial charge in [0.1, 0.15) is 0 Å². The van der Waals surface area contributed by atoms with Gasteiger partial charge in [-0.15, -0.1) is 0 Å². The van der Waals surface area contributed by atoms with Gasteiger partial charge in [0.05, 0.1) is 0 Å². The number of hydrogen-bond donors (Lipinski definition) is 1. The first-order valence-corrected chi connectivity index (χ1v) is 6.16. The Hall–Kier alpha value is -2.03. The maximum absolute atomic E-state index is 10.5. The zero-order chi connectivity index (χ0) is 13.4. The van der Waals surface area contributed by atoms with Crippen molar-refractivity contribution in [2.75, 3.05) is 18.0 Å². The summed E-state index contributed by atoms with van der Waals surface area (Å²) >= 11 is 0. The Labute approximate surface area is 109 Å². The van der Waals surface area contributed by atoms with Crippen LogP contribution in [-0.2, 0) is 4.79 Å². The van der Waals surface area contributed by atoms with Crippen molar-refractivity contribution in [1.29, 1.82) is 0 Å². The lowest BCUT2D eigenvalue weighted by molar-refractivity contribution is -0.113. The van der Waals surface area contributed by atoms with Gasteiger partial charge >= 0.3 is 0 Å². The molecule has 2 N–H and O–H groups in total. The molecule has 0 fully saturated rings. The second-order valence-electron chi connectivity index (χ2n) is 3.88. The SMILES string of the molecule is CCN(CC)c1ccc(/C=C/C=C\C(N)=O)cc1. The predicted molar refractivity (Wildman–Crippen MR) is 77.4 cm³/mol. The van der Waals surface area contributed by atoms with Crippen LogP contribution in [0.4, 0.5) is 5.69 Å². The monoisotopic (exact) mass is 244 g/mol. The lowest BCUT2D eigenvalue weighted by Crippen LogP contribution is -2.21. The van der Waals surface area contributed by atoms with Crippen molar-refractivity contribution in [2.24, 2.45) is 5.73 Å². The van der Waals surface area contributed by atoms with E-state index < -0.39 is 5.91 Å². The number of rotatable bonds is 6. The van der Waals surface area contributed by atoms with Gasteiger partial charge in [-0.1, -0.05) is 30.4 Å². The molecular formula is C15H20N2O. The van der Waals surface area contributed by atoms with E-state index in [0.29, 0.717) is 0 Å². The number of primary amides is 1. The highest BCUT2D eigenvalue weighted by Gasteiger charge is 1.99. The highest BCUT2D eigenvalue weighted by molar-refractivity contribution is 5.86. The molecule has 0 aliphatic carbocycles. The van der Waals surface area contributed by atoms with E-state index in [1.165, 1.54) is 11.8 Å². The largest absolute Gasteiger partial charge is 0.372 e. The standard InChI is InChI=1S/C15H20N2O/c1-3-17(4-2)14-11-9-13(10-12-14)7-5-6-8-15(16)18/h5-12H,3-4H2,1-2H3,(H2,16,18)/b7-5+,8-6-. The van der Waals surface area contributed by atoms with Gasteiger partial charge in [-0.2, -0.15) is 0 Å². The average Bonchev–Trinajstić information content (AvgIpc) is 2.37. The minimum atomic E-state index is -0.434. The molecule has 0 radical (unpaired) electrons. The summed E-state index contributed by atoms with van der Waals surface area (Å²) in [5.74, 6) is -0.434. The summed E-state index contributed by atoms with van der Waals surface area (Å²) < 4.78 is 0. The fourth-order valence-corrected chi connectivity index (χ4v) is 1.70. The Kier molecular flexibility index (Phi) is 5.71. The minimum Gasteiger partial charge on any atom is -0.372 e. The number of allylic oxidation sites excluding steroid dienone is 2. The van der Waals surface area contributed by atoms with Crippen molar-refractivity contribution in [3.05, 3.63) is 48.1 Å². The number of carbonyl (C=O) groups excluding carboxylic acids is 1. The number of carbonyl (C=O) groups is 1. The molecule has 0 saturated carbocycles. The second-order valence-corrected chi connectivity index (χ2v) is 3.88. The molecule has 3 nitrogen and oxygen atoms in total. The normalized spacial score (nSPS) is 11.2. The third kappa shape index (κ3) is 4.45. The molecule has 0 aliphatic heterocycles. The van der Waals surface area contributed by atoms with Crippen LogP contribution in [0.15, 0.2) is 42.5 Å². The third-order valence-corrected chi connectivity index (χ3v) is 2.68.